The number of halogens is 1. The van der Waals surface area contributed by atoms with E-state index >= 15 is 0 Å². The van der Waals surface area contributed by atoms with Crippen molar-refractivity contribution in [3.05, 3.63) is 68.4 Å². The lowest BCUT2D eigenvalue weighted by Gasteiger charge is -2.26. The van der Waals surface area contributed by atoms with Gasteiger partial charge >= 0.3 is 11.8 Å². The number of methoxy groups -OCH3 is 1. The van der Waals surface area contributed by atoms with Gasteiger partial charge in [-0.3, -0.25) is 9.36 Å². The fourth-order valence-electron chi connectivity index (χ4n) is 3.91. The number of carbonyl (C=O) groups excluding carboxylic acids is 1. The second kappa shape index (κ2) is 10.0. The second-order valence-electron chi connectivity index (χ2n) is 9.45. The lowest BCUT2D eigenvalue weighted by atomic mass is 10.1. The molecule has 38 heavy (non-hydrogen) atoms. The Morgan fingerprint density at radius 2 is 1.89 bits per heavy atom. The van der Waals surface area contributed by atoms with Gasteiger partial charge in [0.15, 0.2) is 0 Å². The number of aromatic nitrogens is 5. The standard InChI is InChI=1S/C24H27FN6O6S/c1-13-18-19(33)30(28(5)23(35)37-24(2,3)4)22(34)29(21(18)38-20(13)31-26-9-10-27-31)12-16(32)15-11-14(25)7-8-17(15)36-6/h7-11,16,32H,12H2,1-6H3. The molecule has 0 bridgehead atoms. The van der Waals surface area contributed by atoms with Crippen LogP contribution in [-0.2, 0) is 11.3 Å². The number of fused-ring (bicyclic) bond motifs is 1. The van der Waals surface area contributed by atoms with Gasteiger partial charge in [-0.2, -0.15) is 14.9 Å². The monoisotopic (exact) mass is 546 g/mol. The number of aryl methyl sites for hydroxylation is 1. The maximum Gasteiger partial charge on any atom is 0.429 e. The molecule has 202 valence electrons. The van der Waals surface area contributed by atoms with Crippen LogP contribution in [0.3, 0.4) is 0 Å². The van der Waals surface area contributed by atoms with Crippen molar-refractivity contribution in [2.45, 2.75) is 45.9 Å². The molecule has 1 N–H and O–H groups in total. The van der Waals surface area contributed by atoms with Crippen LogP contribution in [0.1, 0.15) is 38.0 Å². The van der Waals surface area contributed by atoms with Gasteiger partial charge in [0.25, 0.3) is 5.56 Å². The third-order valence-corrected chi connectivity index (χ3v) is 6.91. The molecule has 3 heterocycles. The molecule has 14 heteroatoms. The second-order valence-corrected chi connectivity index (χ2v) is 10.4. The van der Waals surface area contributed by atoms with Crippen LogP contribution in [-0.4, -0.2) is 55.2 Å². The highest BCUT2D eigenvalue weighted by molar-refractivity contribution is 7.21. The molecule has 0 saturated heterocycles. The Morgan fingerprint density at radius 1 is 1.24 bits per heavy atom. The Morgan fingerprint density at radius 3 is 2.50 bits per heavy atom. The molecule has 12 nitrogen and oxygen atoms in total. The first-order valence-electron chi connectivity index (χ1n) is 11.5. The van der Waals surface area contributed by atoms with E-state index in [2.05, 4.69) is 10.2 Å². The minimum atomic E-state index is -1.41. The van der Waals surface area contributed by atoms with E-state index < -0.39 is 34.9 Å². The third kappa shape index (κ3) is 4.91. The predicted molar refractivity (Wildman–Crippen MR) is 138 cm³/mol. The topological polar surface area (TPSA) is 134 Å². The van der Waals surface area contributed by atoms with Crippen LogP contribution in [0.15, 0.2) is 40.2 Å². The summed E-state index contributed by atoms with van der Waals surface area (Å²) in [6.07, 6.45) is 0.585. The zero-order valence-electron chi connectivity index (χ0n) is 21.6. The summed E-state index contributed by atoms with van der Waals surface area (Å²) in [5.74, 6) is -0.392. The molecule has 0 fully saturated rings. The fraction of sp³-hybridized carbons (Fsp3) is 0.375. The number of hydrogen-bond acceptors (Lipinski definition) is 9. The van der Waals surface area contributed by atoms with Gasteiger partial charge in [0, 0.05) is 18.2 Å². The van der Waals surface area contributed by atoms with Crippen molar-refractivity contribution >= 4 is 27.6 Å². The van der Waals surface area contributed by atoms with Gasteiger partial charge in [0.05, 0.1) is 31.4 Å². The first-order chi connectivity index (χ1) is 17.8. The van der Waals surface area contributed by atoms with Crippen LogP contribution < -0.4 is 21.0 Å². The summed E-state index contributed by atoms with van der Waals surface area (Å²) in [4.78, 5) is 41.7. The molecule has 0 spiro atoms. The molecule has 0 aliphatic heterocycles. The van der Waals surface area contributed by atoms with E-state index in [0.717, 1.165) is 27.0 Å². The maximum absolute atomic E-state index is 14.0. The van der Waals surface area contributed by atoms with Crippen LogP contribution in [0, 0.1) is 12.7 Å². The van der Waals surface area contributed by atoms with E-state index in [9.17, 15) is 23.9 Å². The van der Waals surface area contributed by atoms with Crippen LogP contribution in [0.4, 0.5) is 9.18 Å². The van der Waals surface area contributed by atoms with Crippen LogP contribution in [0.2, 0.25) is 0 Å². The Hall–Kier alpha value is -4.04. The first-order valence-corrected chi connectivity index (χ1v) is 12.3. The van der Waals surface area contributed by atoms with E-state index in [0.29, 0.717) is 15.2 Å². The van der Waals surface area contributed by atoms with Gasteiger partial charge in [-0.05, 0) is 45.9 Å². The molecule has 4 aromatic rings. The SMILES string of the molecule is COc1ccc(F)cc1C(O)Cn1c(=O)n(N(C)C(=O)OC(C)(C)C)c(=O)c2c(C)c(-n3nccn3)sc21. The molecule has 1 unspecified atom stereocenters. The van der Waals surface area contributed by atoms with E-state index in [1.165, 1.54) is 43.5 Å². The summed E-state index contributed by atoms with van der Waals surface area (Å²) in [5, 5.41) is 20.7. The van der Waals surface area contributed by atoms with Gasteiger partial charge < -0.3 is 14.6 Å². The molecule has 0 aliphatic rings. The highest BCUT2D eigenvalue weighted by atomic mass is 32.1. The molecule has 3 aromatic heterocycles. The lowest BCUT2D eigenvalue weighted by Crippen LogP contribution is -2.54. The zero-order chi connectivity index (χ0) is 27.9. The molecule has 0 saturated carbocycles. The van der Waals surface area contributed by atoms with Crippen LogP contribution in [0.25, 0.3) is 15.2 Å². The highest BCUT2D eigenvalue weighted by Gasteiger charge is 2.29. The summed E-state index contributed by atoms with van der Waals surface area (Å²) in [5.41, 5.74) is -2.00. The largest absolute Gasteiger partial charge is 0.496 e. The fourth-order valence-corrected chi connectivity index (χ4v) is 5.13. The molecule has 1 aromatic carbocycles. The predicted octanol–water partition coefficient (Wildman–Crippen LogP) is 2.50. The van der Waals surface area contributed by atoms with Crippen molar-refractivity contribution in [3.63, 3.8) is 0 Å². The first kappa shape index (κ1) is 27.0. The van der Waals surface area contributed by atoms with Gasteiger partial charge in [-0.15, -0.1) is 4.80 Å². The van der Waals surface area contributed by atoms with Crippen LogP contribution >= 0.6 is 11.3 Å². The number of thiophene rings is 1. The number of ether oxygens (including phenoxy) is 2. The average Bonchev–Trinajstić information content (AvgIpc) is 3.48. The molecular weight excluding hydrogens is 519 g/mol. The highest BCUT2D eigenvalue weighted by Crippen LogP contribution is 2.32. The van der Waals surface area contributed by atoms with Crippen molar-refractivity contribution in [3.8, 4) is 10.8 Å². The number of nitrogens with zero attached hydrogens (tertiary/aromatic N) is 6. The minimum Gasteiger partial charge on any atom is -0.496 e. The summed E-state index contributed by atoms with van der Waals surface area (Å²) in [6, 6.07) is 3.65. The molecular formula is C24H27FN6O6S. The maximum atomic E-state index is 14.0. The number of hydrogen-bond donors (Lipinski definition) is 1. The van der Waals surface area contributed by atoms with E-state index in [4.69, 9.17) is 9.47 Å². The molecule has 0 aliphatic carbocycles. The summed E-state index contributed by atoms with van der Waals surface area (Å²) in [7, 11) is 2.60. The number of aliphatic hydroxyl groups excluding tert-OH is 1. The normalized spacial score (nSPS) is 12.5. The Balaban J connectivity index is 1.96. The molecule has 1 atom stereocenters. The minimum absolute atomic E-state index is 0.105. The summed E-state index contributed by atoms with van der Waals surface area (Å²) < 4.78 is 26.4. The smallest absolute Gasteiger partial charge is 0.429 e. The Labute approximate surface area is 220 Å². The zero-order valence-corrected chi connectivity index (χ0v) is 22.4. The van der Waals surface area contributed by atoms with E-state index in [1.54, 1.807) is 27.7 Å². The molecule has 4 rings (SSSR count). The van der Waals surface area contributed by atoms with Gasteiger partial charge in [0.2, 0.25) is 0 Å². The number of aliphatic hydroxyl groups is 1. The van der Waals surface area contributed by atoms with Crippen molar-refractivity contribution < 1.29 is 23.8 Å². The number of rotatable bonds is 6. The molecule has 1 amide bonds. The van der Waals surface area contributed by atoms with Crippen molar-refractivity contribution in [1.82, 2.24) is 24.2 Å². The van der Waals surface area contributed by atoms with Crippen molar-refractivity contribution in [2.24, 2.45) is 0 Å². The summed E-state index contributed by atoms with van der Waals surface area (Å²) >= 11 is 1.06. The van der Waals surface area contributed by atoms with Crippen molar-refractivity contribution in [2.75, 3.05) is 19.2 Å². The van der Waals surface area contributed by atoms with Crippen molar-refractivity contribution in [1.29, 1.82) is 0 Å². The third-order valence-electron chi connectivity index (χ3n) is 5.63. The lowest BCUT2D eigenvalue weighted by molar-refractivity contribution is 0.0545. The number of benzene rings is 1. The number of carbonyl (C=O) groups is 1. The van der Waals surface area contributed by atoms with E-state index in [1.807, 2.05) is 0 Å². The van der Waals surface area contributed by atoms with Gasteiger partial charge in [0.1, 0.15) is 33.1 Å². The quantitative estimate of drug-likeness (QED) is 0.390. The number of amides is 1. The van der Waals surface area contributed by atoms with Gasteiger partial charge in [-0.25, -0.2) is 19.0 Å². The average molecular weight is 547 g/mol. The van der Waals surface area contributed by atoms with E-state index in [-0.39, 0.29) is 28.1 Å². The molecule has 0 radical (unpaired) electrons. The Bertz CT molecular complexity index is 1620. The van der Waals surface area contributed by atoms with Crippen LogP contribution in [0.5, 0.6) is 5.75 Å². The van der Waals surface area contributed by atoms with Gasteiger partial charge in [-0.1, -0.05) is 11.3 Å². The Kier molecular flexibility index (Phi) is 7.12. The summed E-state index contributed by atoms with van der Waals surface area (Å²) in [6.45, 7) is 6.23.